The van der Waals surface area contributed by atoms with Gasteiger partial charge in [-0.05, 0) is 24.8 Å². The lowest BCUT2D eigenvalue weighted by atomic mass is 10.1. The highest BCUT2D eigenvalue weighted by molar-refractivity contribution is 5.17. The van der Waals surface area contributed by atoms with Crippen LogP contribution in [0.15, 0.2) is 24.3 Å². The number of hydrogen-bond donors (Lipinski definition) is 1. The van der Waals surface area contributed by atoms with E-state index in [1.54, 1.807) is 13.2 Å². The van der Waals surface area contributed by atoms with Gasteiger partial charge in [-0.1, -0.05) is 18.2 Å². The van der Waals surface area contributed by atoms with E-state index in [-0.39, 0.29) is 5.82 Å². The van der Waals surface area contributed by atoms with Gasteiger partial charge in [-0.25, -0.2) is 4.39 Å². The summed E-state index contributed by atoms with van der Waals surface area (Å²) in [6.07, 6.45) is 2.52. The van der Waals surface area contributed by atoms with Gasteiger partial charge in [0.25, 0.3) is 0 Å². The van der Waals surface area contributed by atoms with E-state index in [4.69, 9.17) is 4.74 Å². The number of nitrogens with one attached hydrogen (secondary N) is 1. The minimum Gasteiger partial charge on any atom is -0.383 e. The largest absolute Gasteiger partial charge is 0.383 e. The summed E-state index contributed by atoms with van der Waals surface area (Å²) in [7, 11) is 1.71. The smallest absolute Gasteiger partial charge is 0.127 e. The fraction of sp³-hybridized carbons (Fsp3) is 0.538. The summed E-state index contributed by atoms with van der Waals surface area (Å²) in [6, 6.07) is 7.26. The SMILES string of the molecule is COCC(NCc1ccccc1F)C1CC1. The maximum absolute atomic E-state index is 13.4. The fourth-order valence-corrected chi connectivity index (χ4v) is 1.92. The molecular formula is C13H18FNO. The molecule has 1 aromatic rings. The van der Waals surface area contributed by atoms with Crippen molar-refractivity contribution >= 4 is 0 Å². The molecule has 2 rings (SSSR count). The van der Waals surface area contributed by atoms with Crippen LogP contribution in [-0.2, 0) is 11.3 Å². The molecule has 0 amide bonds. The second-order valence-corrected chi connectivity index (χ2v) is 4.37. The average Bonchev–Trinajstić information content (AvgIpc) is 3.10. The van der Waals surface area contributed by atoms with Gasteiger partial charge in [-0.15, -0.1) is 0 Å². The van der Waals surface area contributed by atoms with Crippen molar-refractivity contribution in [2.45, 2.75) is 25.4 Å². The molecule has 88 valence electrons. The molecule has 1 fully saturated rings. The molecule has 1 atom stereocenters. The molecule has 0 bridgehead atoms. The molecule has 1 aromatic carbocycles. The molecule has 1 unspecified atom stereocenters. The number of hydrogen-bond acceptors (Lipinski definition) is 2. The summed E-state index contributed by atoms with van der Waals surface area (Å²) in [6.45, 7) is 1.29. The van der Waals surface area contributed by atoms with Crippen molar-refractivity contribution in [1.82, 2.24) is 5.32 Å². The molecule has 16 heavy (non-hydrogen) atoms. The molecule has 3 heteroatoms. The molecule has 2 nitrogen and oxygen atoms in total. The Morgan fingerprint density at radius 1 is 1.44 bits per heavy atom. The van der Waals surface area contributed by atoms with E-state index in [0.717, 1.165) is 5.56 Å². The van der Waals surface area contributed by atoms with Crippen LogP contribution in [0.25, 0.3) is 0 Å². The molecule has 0 heterocycles. The number of benzene rings is 1. The first-order valence-electron chi connectivity index (χ1n) is 5.77. The van der Waals surface area contributed by atoms with Crippen molar-refractivity contribution in [3.8, 4) is 0 Å². The minimum absolute atomic E-state index is 0.137. The molecule has 0 spiro atoms. The minimum atomic E-state index is -0.137. The highest BCUT2D eigenvalue weighted by Gasteiger charge is 2.30. The predicted molar refractivity (Wildman–Crippen MR) is 61.6 cm³/mol. The van der Waals surface area contributed by atoms with Gasteiger partial charge >= 0.3 is 0 Å². The van der Waals surface area contributed by atoms with Gasteiger partial charge in [0.15, 0.2) is 0 Å². The van der Waals surface area contributed by atoms with E-state index in [1.807, 2.05) is 12.1 Å². The second-order valence-electron chi connectivity index (χ2n) is 4.37. The lowest BCUT2D eigenvalue weighted by Crippen LogP contribution is -2.34. The molecular weight excluding hydrogens is 205 g/mol. The zero-order valence-corrected chi connectivity index (χ0v) is 9.58. The van der Waals surface area contributed by atoms with Gasteiger partial charge in [-0.2, -0.15) is 0 Å². The van der Waals surface area contributed by atoms with E-state index >= 15 is 0 Å². The Labute approximate surface area is 95.8 Å². The van der Waals surface area contributed by atoms with Crippen molar-refractivity contribution in [2.75, 3.05) is 13.7 Å². The van der Waals surface area contributed by atoms with E-state index in [1.165, 1.54) is 18.9 Å². The van der Waals surface area contributed by atoms with Crippen LogP contribution in [0, 0.1) is 11.7 Å². The summed E-state index contributed by atoms with van der Waals surface area (Å²) in [5.41, 5.74) is 0.726. The van der Waals surface area contributed by atoms with Crippen LogP contribution in [0.5, 0.6) is 0 Å². The first-order chi connectivity index (χ1) is 7.81. The number of methoxy groups -OCH3 is 1. The molecule has 0 aliphatic heterocycles. The first kappa shape index (κ1) is 11.6. The maximum atomic E-state index is 13.4. The molecule has 0 radical (unpaired) electrons. The Balaban J connectivity index is 1.87. The highest BCUT2D eigenvalue weighted by Crippen LogP contribution is 2.32. The Kier molecular flexibility index (Phi) is 3.91. The van der Waals surface area contributed by atoms with Crippen LogP contribution < -0.4 is 5.32 Å². The topological polar surface area (TPSA) is 21.3 Å². The van der Waals surface area contributed by atoms with Crippen LogP contribution in [0.3, 0.4) is 0 Å². The van der Waals surface area contributed by atoms with E-state index < -0.39 is 0 Å². The number of ether oxygens (including phenoxy) is 1. The predicted octanol–water partition coefficient (Wildman–Crippen LogP) is 2.34. The average molecular weight is 223 g/mol. The molecule has 1 aliphatic rings. The Morgan fingerprint density at radius 3 is 2.81 bits per heavy atom. The normalized spacial score (nSPS) is 17.4. The molecule has 1 saturated carbocycles. The third-order valence-corrected chi connectivity index (χ3v) is 3.05. The van der Waals surface area contributed by atoms with Crippen LogP contribution in [-0.4, -0.2) is 19.8 Å². The molecule has 0 aromatic heterocycles. The Hall–Kier alpha value is -0.930. The standard InChI is InChI=1S/C13H18FNO/c1-16-9-13(10-6-7-10)15-8-11-4-2-3-5-12(11)14/h2-5,10,13,15H,6-9H2,1H3. The monoisotopic (exact) mass is 223 g/mol. The fourth-order valence-electron chi connectivity index (χ4n) is 1.92. The quantitative estimate of drug-likeness (QED) is 0.799. The van der Waals surface area contributed by atoms with Gasteiger partial charge in [0.1, 0.15) is 5.82 Å². The van der Waals surface area contributed by atoms with Crippen molar-refractivity contribution in [3.63, 3.8) is 0 Å². The van der Waals surface area contributed by atoms with Gasteiger partial charge in [0.05, 0.1) is 6.61 Å². The summed E-state index contributed by atoms with van der Waals surface area (Å²) in [5.74, 6) is 0.577. The molecule has 0 saturated heterocycles. The summed E-state index contributed by atoms with van der Waals surface area (Å²) < 4.78 is 18.5. The molecule has 1 aliphatic carbocycles. The summed E-state index contributed by atoms with van der Waals surface area (Å²) in [5, 5.41) is 3.37. The zero-order valence-electron chi connectivity index (χ0n) is 9.58. The van der Waals surface area contributed by atoms with Crippen molar-refractivity contribution in [3.05, 3.63) is 35.6 Å². The van der Waals surface area contributed by atoms with Gasteiger partial charge in [0.2, 0.25) is 0 Å². The van der Waals surface area contributed by atoms with Crippen LogP contribution in [0.1, 0.15) is 18.4 Å². The van der Waals surface area contributed by atoms with Crippen molar-refractivity contribution in [1.29, 1.82) is 0 Å². The summed E-state index contributed by atoms with van der Waals surface area (Å²) >= 11 is 0. The van der Waals surface area contributed by atoms with Crippen LogP contribution in [0.2, 0.25) is 0 Å². The van der Waals surface area contributed by atoms with E-state index in [9.17, 15) is 4.39 Å². The van der Waals surface area contributed by atoms with E-state index in [2.05, 4.69) is 5.32 Å². The van der Waals surface area contributed by atoms with Crippen LogP contribution >= 0.6 is 0 Å². The maximum Gasteiger partial charge on any atom is 0.127 e. The Bertz CT molecular complexity index is 338. The third-order valence-electron chi connectivity index (χ3n) is 3.05. The lowest BCUT2D eigenvalue weighted by Gasteiger charge is -2.17. The van der Waals surface area contributed by atoms with Crippen molar-refractivity contribution in [2.24, 2.45) is 5.92 Å². The van der Waals surface area contributed by atoms with E-state index in [0.29, 0.717) is 25.1 Å². The molecule has 1 N–H and O–H groups in total. The van der Waals surface area contributed by atoms with Gasteiger partial charge in [-0.3, -0.25) is 0 Å². The first-order valence-corrected chi connectivity index (χ1v) is 5.77. The number of halogens is 1. The van der Waals surface area contributed by atoms with Crippen molar-refractivity contribution < 1.29 is 9.13 Å². The summed E-state index contributed by atoms with van der Waals surface area (Å²) in [4.78, 5) is 0. The zero-order chi connectivity index (χ0) is 11.4. The Morgan fingerprint density at radius 2 is 2.19 bits per heavy atom. The highest BCUT2D eigenvalue weighted by atomic mass is 19.1. The third kappa shape index (κ3) is 3.03. The van der Waals surface area contributed by atoms with Crippen LogP contribution in [0.4, 0.5) is 4.39 Å². The number of rotatable bonds is 6. The van der Waals surface area contributed by atoms with Gasteiger partial charge in [0, 0.05) is 25.3 Å². The lowest BCUT2D eigenvalue weighted by molar-refractivity contribution is 0.157. The second kappa shape index (κ2) is 5.41. The van der Waals surface area contributed by atoms with Gasteiger partial charge < -0.3 is 10.1 Å².